The summed E-state index contributed by atoms with van der Waals surface area (Å²) in [6.07, 6.45) is 2.29. The van der Waals surface area contributed by atoms with Gasteiger partial charge < -0.3 is 14.8 Å². The molecule has 1 amide bonds. The summed E-state index contributed by atoms with van der Waals surface area (Å²) in [5.41, 5.74) is 0.933. The molecule has 1 N–H and O–H groups in total. The lowest BCUT2D eigenvalue weighted by Gasteiger charge is -2.16. The fourth-order valence-corrected chi connectivity index (χ4v) is 5.07. The number of methoxy groups -OCH3 is 1. The van der Waals surface area contributed by atoms with Crippen LogP contribution < -0.4 is 20.3 Å². The van der Waals surface area contributed by atoms with Crippen molar-refractivity contribution in [3.8, 4) is 11.5 Å². The molecule has 4 aromatic rings. The summed E-state index contributed by atoms with van der Waals surface area (Å²) in [6, 6.07) is 12.9. The van der Waals surface area contributed by atoms with Crippen molar-refractivity contribution in [3.63, 3.8) is 0 Å². The first-order valence-electron chi connectivity index (χ1n) is 12.1. The standard InChI is InChI=1S/C28H24Br3FN4O4/c1-4-15(2)27-35-20-10-9-17(29)12-18(20)28(38)36(27)33-13-16-11-22(39-3)26(25(31)24(16)30)40-14-23(37)34-21-8-6-5-7-19(21)32/h5-13,15H,4,14H2,1-3H3,(H,34,37)/t15-/m0/s1. The second-order valence-corrected chi connectivity index (χ2v) is 11.2. The van der Waals surface area contributed by atoms with Gasteiger partial charge in [-0.2, -0.15) is 9.78 Å². The molecule has 1 aromatic heterocycles. The first kappa shape index (κ1) is 29.9. The van der Waals surface area contributed by atoms with E-state index in [0.29, 0.717) is 37.0 Å². The highest BCUT2D eigenvalue weighted by atomic mass is 79.9. The maximum atomic E-state index is 13.9. The Morgan fingerprint density at radius 2 is 1.93 bits per heavy atom. The normalized spacial score (nSPS) is 12.1. The zero-order chi connectivity index (χ0) is 29.0. The van der Waals surface area contributed by atoms with Gasteiger partial charge in [-0.25, -0.2) is 9.37 Å². The number of para-hydroxylation sites is 1. The average molecular weight is 739 g/mol. The average Bonchev–Trinajstić information content (AvgIpc) is 2.94. The maximum Gasteiger partial charge on any atom is 0.282 e. The van der Waals surface area contributed by atoms with Crippen molar-refractivity contribution in [3.05, 3.63) is 89.5 Å². The molecule has 0 saturated carbocycles. The van der Waals surface area contributed by atoms with Crippen LogP contribution in [0, 0.1) is 5.82 Å². The van der Waals surface area contributed by atoms with Gasteiger partial charge in [-0.15, -0.1) is 0 Å². The molecular formula is C28H24Br3FN4O4. The van der Waals surface area contributed by atoms with Crippen LogP contribution in [0.2, 0.25) is 0 Å². The number of nitrogens with zero attached hydrogens (tertiary/aromatic N) is 3. The quantitative estimate of drug-likeness (QED) is 0.183. The lowest BCUT2D eigenvalue weighted by atomic mass is 10.1. The predicted molar refractivity (Wildman–Crippen MR) is 164 cm³/mol. The van der Waals surface area contributed by atoms with E-state index >= 15 is 0 Å². The summed E-state index contributed by atoms with van der Waals surface area (Å²) in [6.45, 7) is 3.61. The van der Waals surface area contributed by atoms with Gasteiger partial charge in [0.2, 0.25) is 0 Å². The smallest absolute Gasteiger partial charge is 0.282 e. The summed E-state index contributed by atoms with van der Waals surface area (Å²) in [5, 5.41) is 7.43. The minimum absolute atomic E-state index is 0.0195. The molecule has 0 spiro atoms. The van der Waals surface area contributed by atoms with Crippen molar-refractivity contribution in [1.29, 1.82) is 0 Å². The van der Waals surface area contributed by atoms with E-state index in [-0.39, 0.29) is 22.9 Å². The van der Waals surface area contributed by atoms with Crippen molar-refractivity contribution < 1.29 is 18.7 Å². The van der Waals surface area contributed by atoms with Crippen LogP contribution in [-0.4, -0.2) is 35.5 Å². The summed E-state index contributed by atoms with van der Waals surface area (Å²) >= 11 is 10.4. The molecule has 0 saturated heterocycles. The number of hydrogen-bond acceptors (Lipinski definition) is 6. The van der Waals surface area contributed by atoms with Gasteiger partial charge >= 0.3 is 0 Å². The van der Waals surface area contributed by atoms with Gasteiger partial charge in [-0.1, -0.05) is 41.9 Å². The number of nitrogens with one attached hydrogen (secondary N) is 1. The molecule has 40 heavy (non-hydrogen) atoms. The summed E-state index contributed by atoms with van der Waals surface area (Å²) in [7, 11) is 1.46. The van der Waals surface area contributed by atoms with Crippen LogP contribution in [0.4, 0.5) is 10.1 Å². The van der Waals surface area contributed by atoms with Gasteiger partial charge in [0.05, 0.1) is 34.4 Å². The van der Waals surface area contributed by atoms with Gasteiger partial charge in [-0.05, 0) is 74.7 Å². The number of ether oxygens (including phenoxy) is 2. The second-order valence-electron chi connectivity index (χ2n) is 8.74. The van der Waals surface area contributed by atoms with Crippen LogP contribution in [0.25, 0.3) is 10.9 Å². The molecule has 3 aromatic carbocycles. The fourth-order valence-electron chi connectivity index (χ4n) is 3.77. The van der Waals surface area contributed by atoms with Crippen LogP contribution in [-0.2, 0) is 4.79 Å². The number of aromatic nitrogens is 2. The number of benzene rings is 3. The molecule has 12 heteroatoms. The second kappa shape index (κ2) is 13.0. The highest BCUT2D eigenvalue weighted by Crippen LogP contribution is 2.42. The van der Waals surface area contributed by atoms with Gasteiger partial charge in [0.15, 0.2) is 18.1 Å². The maximum absolute atomic E-state index is 13.9. The number of rotatable bonds is 9. The Hall–Kier alpha value is -3.09. The highest BCUT2D eigenvalue weighted by Gasteiger charge is 2.19. The number of fused-ring (bicyclic) bond motifs is 1. The first-order valence-corrected chi connectivity index (χ1v) is 14.5. The van der Waals surface area contributed by atoms with Crippen LogP contribution in [0.5, 0.6) is 11.5 Å². The lowest BCUT2D eigenvalue weighted by Crippen LogP contribution is -2.23. The van der Waals surface area contributed by atoms with E-state index in [4.69, 9.17) is 14.5 Å². The van der Waals surface area contributed by atoms with E-state index < -0.39 is 18.3 Å². The topological polar surface area (TPSA) is 94.8 Å². The predicted octanol–water partition coefficient (Wildman–Crippen LogP) is 7.24. The fraction of sp³-hybridized carbons (Fsp3) is 0.214. The van der Waals surface area contributed by atoms with Gasteiger partial charge in [0, 0.05) is 20.4 Å². The Labute approximate surface area is 255 Å². The van der Waals surface area contributed by atoms with E-state index in [1.165, 1.54) is 36.2 Å². The Bertz CT molecular complexity index is 1680. The zero-order valence-electron chi connectivity index (χ0n) is 21.7. The molecule has 0 radical (unpaired) electrons. The minimum atomic E-state index is -0.550. The van der Waals surface area contributed by atoms with Crippen molar-refractivity contribution in [2.24, 2.45) is 5.10 Å². The molecule has 208 valence electrons. The lowest BCUT2D eigenvalue weighted by molar-refractivity contribution is -0.118. The van der Waals surface area contributed by atoms with E-state index in [9.17, 15) is 14.0 Å². The van der Waals surface area contributed by atoms with Gasteiger partial charge in [-0.3, -0.25) is 9.59 Å². The molecule has 1 heterocycles. The monoisotopic (exact) mass is 736 g/mol. The molecule has 8 nitrogen and oxygen atoms in total. The van der Waals surface area contributed by atoms with Crippen molar-refractivity contribution in [2.75, 3.05) is 19.0 Å². The molecular weight excluding hydrogens is 715 g/mol. The van der Waals surface area contributed by atoms with E-state index in [2.05, 4.69) is 58.2 Å². The number of carbonyl (C=O) groups is 1. The van der Waals surface area contributed by atoms with Crippen molar-refractivity contribution >= 4 is 76.5 Å². The van der Waals surface area contributed by atoms with E-state index in [1.54, 1.807) is 24.3 Å². The zero-order valence-corrected chi connectivity index (χ0v) is 26.4. The van der Waals surface area contributed by atoms with Crippen LogP contribution in [0.15, 0.2) is 71.8 Å². The van der Waals surface area contributed by atoms with Crippen LogP contribution in [0.1, 0.15) is 37.6 Å². The Morgan fingerprint density at radius 1 is 1.18 bits per heavy atom. The summed E-state index contributed by atoms with van der Waals surface area (Å²) in [5.74, 6) is -0.00958. The van der Waals surface area contributed by atoms with E-state index in [0.717, 1.165) is 10.9 Å². The number of anilines is 1. The van der Waals surface area contributed by atoms with Gasteiger partial charge in [0.25, 0.3) is 11.5 Å². The van der Waals surface area contributed by atoms with Gasteiger partial charge in [0.1, 0.15) is 11.6 Å². The van der Waals surface area contributed by atoms with Crippen molar-refractivity contribution in [2.45, 2.75) is 26.2 Å². The molecule has 0 aliphatic heterocycles. The summed E-state index contributed by atoms with van der Waals surface area (Å²) < 4.78 is 28.2. The third kappa shape index (κ3) is 6.45. The molecule has 4 rings (SSSR count). The number of amides is 1. The number of hydrogen-bond donors (Lipinski definition) is 1. The largest absolute Gasteiger partial charge is 0.493 e. The Morgan fingerprint density at radius 3 is 2.62 bits per heavy atom. The Kier molecular flexibility index (Phi) is 9.75. The molecule has 0 aliphatic carbocycles. The first-order chi connectivity index (χ1) is 19.1. The van der Waals surface area contributed by atoms with Crippen LogP contribution >= 0.6 is 47.8 Å². The number of halogens is 4. The SMILES string of the molecule is CC[C@H](C)c1nc2ccc(Br)cc2c(=O)n1N=Cc1cc(OC)c(OCC(=O)Nc2ccccc2F)c(Br)c1Br. The Balaban J connectivity index is 1.66. The minimum Gasteiger partial charge on any atom is -0.493 e. The third-order valence-electron chi connectivity index (χ3n) is 6.07. The molecule has 0 unspecified atom stereocenters. The highest BCUT2D eigenvalue weighted by molar-refractivity contribution is 9.13. The van der Waals surface area contributed by atoms with Crippen molar-refractivity contribution in [1.82, 2.24) is 9.66 Å². The molecule has 0 bridgehead atoms. The molecule has 0 fully saturated rings. The molecule has 1 atom stereocenters. The summed E-state index contributed by atoms with van der Waals surface area (Å²) in [4.78, 5) is 30.5. The van der Waals surface area contributed by atoms with Crippen LogP contribution in [0.3, 0.4) is 0 Å². The molecule has 0 aliphatic rings. The third-order valence-corrected chi connectivity index (χ3v) is 8.71. The van der Waals surface area contributed by atoms with E-state index in [1.807, 2.05) is 19.9 Å². The number of carbonyl (C=O) groups excluding carboxylic acids is 1.